The lowest BCUT2D eigenvalue weighted by Crippen LogP contribution is -2.38. The maximum absolute atomic E-state index is 5.36. The highest BCUT2D eigenvalue weighted by molar-refractivity contribution is 5.11. The van der Waals surface area contributed by atoms with Crippen LogP contribution in [0.2, 0.25) is 0 Å². The molecule has 0 radical (unpaired) electrons. The number of morpholine rings is 1. The quantitative estimate of drug-likeness (QED) is 0.831. The smallest absolute Gasteiger partial charge is 0.0594 e. The fraction of sp³-hybridized carbons (Fsp3) is 0.692. The third-order valence-electron chi connectivity index (χ3n) is 3.50. The van der Waals surface area contributed by atoms with Gasteiger partial charge in [-0.2, -0.15) is 0 Å². The summed E-state index contributed by atoms with van der Waals surface area (Å²) in [4.78, 5) is 2.47. The fourth-order valence-electron chi connectivity index (χ4n) is 2.25. The Morgan fingerprint density at radius 2 is 2.12 bits per heavy atom. The third kappa shape index (κ3) is 3.31. The maximum atomic E-state index is 5.36. The van der Waals surface area contributed by atoms with Crippen molar-refractivity contribution in [3.8, 4) is 0 Å². The Labute approximate surface area is 104 Å². The molecule has 96 valence electrons. The van der Waals surface area contributed by atoms with E-state index in [-0.39, 0.29) is 0 Å². The molecule has 1 N–H and O–H groups in total. The molecule has 0 amide bonds. The SMILES string of the molecule is CNC(C)c1cccn1CCN1CCOCC1. The first kappa shape index (κ1) is 12.6. The summed E-state index contributed by atoms with van der Waals surface area (Å²) in [5.74, 6) is 0. The Morgan fingerprint density at radius 1 is 1.35 bits per heavy atom. The van der Waals surface area contributed by atoms with Gasteiger partial charge < -0.3 is 14.6 Å². The Bertz CT molecular complexity index is 331. The number of rotatable bonds is 5. The van der Waals surface area contributed by atoms with Crippen molar-refractivity contribution < 1.29 is 4.74 Å². The zero-order valence-corrected chi connectivity index (χ0v) is 10.9. The predicted molar refractivity (Wildman–Crippen MR) is 69.2 cm³/mol. The summed E-state index contributed by atoms with van der Waals surface area (Å²) in [6.45, 7) is 8.27. The standard InChI is InChI=1S/C13H23N3O/c1-12(14-2)13-4-3-5-16(13)7-6-15-8-10-17-11-9-15/h3-5,12,14H,6-11H2,1-2H3. The monoisotopic (exact) mass is 237 g/mol. The van der Waals surface area contributed by atoms with Gasteiger partial charge in [0.05, 0.1) is 13.2 Å². The minimum Gasteiger partial charge on any atom is -0.379 e. The van der Waals surface area contributed by atoms with Crippen LogP contribution < -0.4 is 5.32 Å². The maximum Gasteiger partial charge on any atom is 0.0594 e. The summed E-state index contributed by atoms with van der Waals surface area (Å²) >= 11 is 0. The molecule has 0 aromatic carbocycles. The van der Waals surface area contributed by atoms with Gasteiger partial charge in [-0.25, -0.2) is 0 Å². The molecule has 17 heavy (non-hydrogen) atoms. The molecule has 2 heterocycles. The molecule has 1 saturated heterocycles. The van der Waals surface area contributed by atoms with Crippen LogP contribution in [0.15, 0.2) is 18.3 Å². The van der Waals surface area contributed by atoms with Gasteiger partial charge in [-0.15, -0.1) is 0 Å². The highest BCUT2D eigenvalue weighted by Crippen LogP contribution is 2.12. The van der Waals surface area contributed by atoms with Crippen LogP contribution in [-0.2, 0) is 11.3 Å². The van der Waals surface area contributed by atoms with Crippen molar-refractivity contribution in [3.05, 3.63) is 24.0 Å². The summed E-state index contributed by atoms with van der Waals surface area (Å²) < 4.78 is 7.70. The van der Waals surface area contributed by atoms with Crippen LogP contribution in [0.3, 0.4) is 0 Å². The molecule has 0 saturated carbocycles. The molecule has 1 aliphatic heterocycles. The zero-order valence-electron chi connectivity index (χ0n) is 10.9. The number of ether oxygens (including phenoxy) is 1. The normalized spacial score (nSPS) is 19.4. The molecule has 1 atom stereocenters. The van der Waals surface area contributed by atoms with Crippen LogP contribution >= 0.6 is 0 Å². The second-order valence-corrected chi connectivity index (χ2v) is 4.59. The largest absolute Gasteiger partial charge is 0.379 e. The van der Waals surface area contributed by atoms with Gasteiger partial charge >= 0.3 is 0 Å². The van der Waals surface area contributed by atoms with Crippen molar-refractivity contribution in [1.82, 2.24) is 14.8 Å². The predicted octanol–water partition coefficient (Wildman–Crippen LogP) is 1.10. The molecule has 4 heteroatoms. The molecule has 1 fully saturated rings. The van der Waals surface area contributed by atoms with Gasteiger partial charge in [-0.05, 0) is 26.1 Å². The molecule has 0 bridgehead atoms. The number of nitrogens with zero attached hydrogens (tertiary/aromatic N) is 2. The summed E-state index contributed by atoms with van der Waals surface area (Å²) in [5, 5.41) is 3.29. The van der Waals surface area contributed by atoms with Crippen molar-refractivity contribution in [2.75, 3.05) is 39.9 Å². The topological polar surface area (TPSA) is 29.4 Å². The van der Waals surface area contributed by atoms with Crippen LogP contribution in [0.5, 0.6) is 0 Å². The summed E-state index contributed by atoms with van der Waals surface area (Å²) in [5.41, 5.74) is 1.36. The molecule has 4 nitrogen and oxygen atoms in total. The van der Waals surface area contributed by atoms with Crippen molar-refractivity contribution in [2.24, 2.45) is 0 Å². The minimum absolute atomic E-state index is 0.412. The number of hydrogen-bond acceptors (Lipinski definition) is 3. The van der Waals surface area contributed by atoms with E-state index in [1.165, 1.54) is 5.69 Å². The van der Waals surface area contributed by atoms with Gasteiger partial charge in [0.2, 0.25) is 0 Å². The van der Waals surface area contributed by atoms with Crippen LogP contribution in [0.1, 0.15) is 18.7 Å². The lowest BCUT2D eigenvalue weighted by atomic mass is 10.2. The van der Waals surface area contributed by atoms with Gasteiger partial charge in [0, 0.05) is 44.1 Å². The van der Waals surface area contributed by atoms with E-state index < -0.39 is 0 Å². The Kier molecular flexibility index (Phi) is 4.59. The molecule has 2 rings (SSSR count). The average molecular weight is 237 g/mol. The van der Waals surface area contributed by atoms with E-state index in [2.05, 4.69) is 40.0 Å². The van der Waals surface area contributed by atoms with Gasteiger partial charge in [-0.1, -0.05) is 0 Å². The lowest BCUT2D eigenvalue weighted by Gasteiger charge is -2.27. The molecule has 1 aromatic rings. The third-order valence-corrected chi connectivity index (χ3v) is 3.50. The van der Waals surface area contributed by atoms with Crippen LogP contribution in [0, 0.1) is 0 Å². The molecular weight excluding hydrogens is 214 g/mol. The van der Waals surface area contributed by atoms with Crippen LogP contribution in [-0.4, -0.2) is 49.4 Å². The molecule has 1 aromatic heterocycles. The molecule has 1 aliphatic rings. The fourth-order valence-corrected chi connectivity index (χ4v) is 2.25. The average Bonchev–Trinajstić information content (AvgIpc) is 2.85. The second kappa shape index (κ2) is 6.19. The second-order valence-electron chi connectivity index (χ2n) is 4.59. The van der Waals surface area contributed by atoms with Crippen molar-refractivity contribution in [3.63, 3.8) is 0 Å². The molecule has 0 aliphatic carbocycles. The lowest BCUT2D eigenvalue weighted by molar-refractivity contribution is 0.0363. The number of hydrogen-bond donors (Lipinski definition) is 1. The van der Waals surface area contributed by atoms with Gasteiger partial charge in [-0.3, -0.25) is 4.90 Å². The van der Waals surface area contributed by atoms with E-state index >= 15 is 0 Å². The van der Waals surface area contributed by atoms with E-state index in [0.717, 1.165) is 39.4 Å². The highest BCUT2D eigenvalue weighted by Gasteiger charge is 2.12. The molecule has 0 spiro atoms. The molecular formula is C13H23N3O. The Morgan fingerprint density at radius 3 is 2.82 bits per heavy atom. The number of nitrogens with one attached hydrogen (secondary N) is 1. The molecule has 1 unspecified atom stereocenters. The first-order valence-corrected chi connectivity index (χ1v) is 6.43. The summed E-state index contributed by atoms with van der Waals surface area (Å²) in [6.07, 6.45) is 2.17. The van der Waals surface area contributed by atoms with Crippen LogP contribution in [0.25, 0.3) is 0 Å². The van der Waals surface area contributed by atoms with E-state index in [9.17, 15) is 0 Å². The van der Waals surface area contributed by atoms with E-state index in [1.54, 1.807) is 0 Å². The Hall–Kier alpha value is -0.840. The van der Waals surface area contributed by atoms with E-state index in [4.69, 9.17) is 4.74 Å². The van der Waals surface area contributed by atoms with E-state index in [1.807, 2.05) is 7.05 Å². The van der Waals surface area contributed by atoms with Crippen molar-refractivity contribution >= 4 is 0 Å². The summed E-state index contributed by atoms with van der Waals surface area (Å²) in [7, 11) is 2.00. The van der Waals surface area contributed by atoms with Gasteiger partial charge in [0.25, 0.3) is 0 Å². The number of aromatic nitrogens is 1. The highest BCUT2D eigenvalue weighted by atomic mass is 16.5. The van der Waals surface area contributed by atoms with Gasteiger partial charge in [0.15, 0.2) is 0 Å². The van der Waals surface area contributed by atoms with Crippen LogP contribution in [0.4, 0.5) is 0 Å². The van der Waals surface area contributed by atoms with Crippen molar-refractivity contribution in [2.45, 2.75) is 19.5 Å². The zero-order chi connectivity index (χ0) is 12.1. The van der Waals surface area contributed by atoms with E-state index in [0.29, 0.717) is 6.04 Å². The van der Waals surface area contributed by atoms with Gasteiger partial charge in [0.1, 0.15) is 0 Å². The summed E-state index contributed by atoms with van der Waals surface area (Å²) in [6, 6.07) is 4.73. The first-order valence-electron chi connectivity index (χ1n) is 6.43. The first-order chi connectivity index (χ1) is 8.31. The minimum atomic E-state index is 0.412. The Balaban J connectivity index is 1.87. The van der Waals surface area contributed by atoms with Crippen molar-refractivity contribution in [1.29, 1.82) is 0 Å².